The molecule has 0 aliphatic carbocycles. The van der Waals surface area contributed by atoms with E-state index in [1.165, 1.54) is 0 Å². The van der Waals surface area contributed by atoms with Gasteiger partial charge in [-0.15, -0.1) is 0 Å². The molecule has 1 heterocycles. The summed E-state index contributed by atoms with van der Waals surface area (Å²) in [6.45, 7) is 5.26. The molecule has 0 unspecified atom stereocenters. The molecule has 0 atom stereocenters. The Hall–Kier alpha value is -0.640. The first-order valence-corrected chi connectivity index (χ1v) is 4.13. The minimum absolute atomic E-state index is 0.0350. The van der Waals surface area contributed by atoms with Gasteiger partial charge >= 0.3 is 0 Å². The van der Waals surface area contributed by atoms with Crippen molar-refractivity contribution in [2.75, 3.05) is 13.1 Å². The summed E-state index contributed by atoms with van der Waals surface area (Å²) in [6.07, 6.45) is 0. The van der Waals surface area contributed by atoms with Crippen molar-refractivity contribution < 1.29 is 4.79 Å². The van der Waals surface area contributed by atoms with Crippen molar-refractivity contribution in [1.29, 1.82) is 0 Å². The molecule has 1 saturated heterocycles. The smallest absolute Gasteiger partial charge is 0.231 e. The molecule has 1 rings (SSSR count). The van der Waals surface area contributed by atoms with Crippen LogP contribution in [0, 0.1) is 5.92 Å². The summed E-state index contributed by atoms with van der Waals surface area (Å²) in [5.41, 5.74) is 0. The van der Waals surface area contributed by atoms with Gasteiger partial charge in [0.15, 0.2) is 5.11 Å². The second-order valence-electron chi connectivity index (χ2n) is 2.88. The molecule has 1 aliphatic rings. The van der Waals surface area contributed by atoms with E-state index >= 15 is 0 Å². The zero-order valence-electron chi connectivity index (χ0n) is 6.76. The summed E-state index contributed by atoms with van der Waals surface area (Å²) in [5, 5.41) is 3.51. The van der Waals surface area contributed by atoms with Crippen molar-refractivity contribution in [2.45, 2.75) is 13.8 Å². The highest BCUT2D eigenvalue weighted by atomic mass is 32.1. The second kappa shape index (κ2) is 3.17. The SMILES string of the molecule is CC(C)C(=O)N1CCNC1=S. The van der Waals surface area contributed by atoms with Gasteiger partial charge in [-0.3, -0.25) is 9.69 Å². The van der Waals surface area contributed by atoms with E-state index < -0.39 is 0 Å². The number of thiocarbonyl (C=S) groups is 1. The van der Waals surface area contributed by atoms with Crippen molar-refractivity contribution in [3.63, 3.8) is 0 Å². The third-order valence-electron chi connectivity index (χ3n) is 1.62. The third-order valence-corrected chi connectivity index (χ3v) is 1.98. The van der Waals surface area contributed by atoms with E-state index in [1.807, 2.05) is 13.8 Å². The zero-order chi connectivity index (χ0) is 8.43. The Balaban J connectivity index is 2.60. The molecule has 11 heavy (non-hydrogen) atoms. The molecule has 0 spiro atoms. The van der Waals surface area contributed by atoms with Gasteiger partial charge < -0.3 is 5.32 Å². The van der Waals surface area contributed by atoms with Crippen molar-refractivity contribution in [1.82, 2.24) is 10.2 Å². The number of hydrogen-bond donors (Lipinski definition) is 1. The monoisotopic (exact) mass is 172 g/mol. The fourth-order valence-corrected chi connectivity index (χ4v) is 1.28. The molecule has 1 aliphatic heterocycles. The van der Waals surface area contributed by atoms with E-state index in [0.29, 0.717) is 5.11 Å². The van der Waals surface area contributed by atoms with Gasteiger partial charge in [-0.1, -0.05) is 13.8 Å². The van der Waals surface area contributed by atoms with Gasteiger partial charge in [0.2, 0.25) is 5.91 Å². The molecule has 0 radical (unpaired) electrons. The minimum atomic E-state index is 0.0350. The Morgan fingerprint density at radius 1 is 1.73 bits per heavy atom. The van der Waals surface area contributed by atoms with E-state index in [4.69, 9.17) is 12.2 Å². The Morgan fingerprint density at radius 2 is 2.36 bits per heavy atom. The van der Waals surface area contributed by atoms with E-state index in [0.717, 1.165) is 13.1 Å². The Labute approximate surface area is 71.8 Å². The van der Waals surface area contributed by atoms with Gasteiger partial charge in [0.1, 0.15) is 0 Å². The molecule has 1 fully saturated rings. The Bertz CT molecular complexity index is 191. The van der Waals surface area contributed by atoms with E-state index in [1.54, 1.807) is 4.90 Å². The summed E-state index contributed by atoms with van der Waals surface area (Å²) in [4.78, 5) is 13.0. The van der Waals surface area contributed by atoms with Gasteiger partial charge in [-0.25, -0.2) is 0 Å². The first-order valence-electron chi connectivity index (χ1n) is 3.72. The van der Waals surface area contributed by atoms with Crippen molar-refractivity contribution in [3.05, 3.63) is 0 Å². The molecule has 4 heteroatoms. The van der Waals surface area contributed by atoms with Crippen LogP contribution in [-0.2, 0) is 4.79 Å². The lowest BCUT2D eigenvalue weighted by Crippen LogP contribution is -2.36. The maximum absolute atomic E-state index is 11.4. The highest BCUT2D eigenvalue weighted by Gasteiger charge is 2.24. The Morgan fingerprint density at radius 3 is 2.73 bits per heavy atom. The second-order valence-corrected chi connectivity index (χ2v) is 3.26. The first-order chi connectivity index (χ1) is 5.13. The highest BCUT2D eigenvalue weighted by Crippen LogP contribution is 2.04. The van der Waals surface area contributed by atoms with Crippen LogP contribution in [0.2, 0.25) is 0 Å². The number of amides is 1. The van der Waals surface area contributed by atoms with Crippen molar-refractivity contribution >= 4 is 23.2 Å². The third kappa shape index (κ3) is 1.68. The fraction of sp³-hybridized carbons (Fsp3) is 0.714. The van der Waals surface area contributed by atoms with Crippen molar-refractivity contribution in [3.8, 4) is 0 Å². The molecule has 0 aromatic carbocycles. The maximum atomic E-state index is 11.4. The number of nitrogens with zero attached hydrogens (tertiary/aromatic N) is 1. The lowest BCUT2D eigenvalue weighted by molar-refractivity contribution is -0.129. The summed E-state index contributed by atoms with van der Waals surface area (Å²) in [5.74, 6) is 0.146. The molecular formula is C7H12N2OS. The molecule has 0 saturated carbocycles. The van der Waals surface area contributed by atoms with Crippen molar-refractivity contribution in [2.24, 2.45) is 5.92 Å². The molecule has 62 valence electrons. The van der Waals surface area contributed by atoms with Gasteiger partial charge in [0.25, 0.3) is 0 Å². The van der Waals surface area contributed by atoms with Crippen LogP contribution in [0.5, 0.6) is 0 Å². The number of rotatable bonds is 1. The van der Waals surface area contributed by atoms with E-state index in [9.17, 15) is 4.79 Å². The van der Waals surface area contributed by atoms with Gasteiger partial charge in [-0.05, 0) is 12.2 Å². The van der Waals surface area contributed by atoms with Crippen LogP contribution in [0.15, 0.2) is 0 Å². The predicted molar refractivity (Wildman–Crippen MR) is 47.2 cm³/mol. The van der Waals surface area contributed by atoms with Crippen LogP contribution in [0.3, 0.4) is 0 Å². The largest absolute Gasteiger partial charge is 0.360 e. The van der Waals surface area contributed by atoms with Crippen LogP contribution in [-0.4, -0.2) is 29.0 Å². The highest BCUT2D eigenvalue weighted by molar-refractivity contribution is 7.80. The first kappa shape index (κ1) is 8.46. The average molecular weight is 172 g/mol. The standard InChI is InChI=1S/C7H12N2OS/c1-5(2)6(10)9-4-3-8-7(9)11/h5H,3-4H2,1-2H3,(H,8,11). The van der Waals surface area contributed by atoms with Gasteiger partial charge in [0, 0.05) is 19.0 Å². The van der Waals surface area contributed by atoms with Crippen LogP contribution >= 0.6 is 12.2 Å². The quantitative estimate of drug-likeness (QED) is 0.580. The summed E-state index contributed by atoms with van der Waals surface area (Å²) in [7, 11) is 0. The van der Waals surface area contributed by atoms with Crippen LogP contribution in [0.1, 0.15) is 13.8 Å². The molecule has 0 aromatic heterocycles. The lowest BCUT2D eigenvalue weighted by Gasteiger charge is -2.16. The normalized spacial score (nSPS) is 17.4. The molecule has 0 bridgehead atoms. The molecule has 0 aromatic rings. The fourth-order valence-electron chi connectivity index (χ4n) is 0.994. The summed E-state index contributed by atoms with van der Waals surface area (Å²) < 4.78 is 0. The van der Waals surface area contributed by atoms with E-state index in [-0.39, 0.29) is 11.8 Å². The number of carbonyl (C=O) groups excluding carboxylic acids is 1. The zero-order valence-corrected chi connectivity index (χ0v) is 7.57. The molecule has 1 N–H and O–H groups in total. The number of carbonyl (C=O) groups is 1. The minimum Gasteiger partial charge on any atom is -0.360 e. The van der Waals surface area contributed by atoms with Crippen LogP contribution in [0.25, 0.3) is 0 Å². The number of nitrogens with one attached hydrogen (secondary N) is 1. The lowest BCUT2D eigenvalue weighted by atomic mass is 10.2. The average Bonchev–Trinajstić information content (AvgIpc) is 2.33. The molecule has 3 nitrogen and oxygen atoms in total. The Kier molecular flexibility index (Phi) is 2.44. The van der Waals surface area contributed by atoms with Crippen LogP contribution < -0.4 is 5.32 Å². The topological polar surface area (TPSA) is 32.3 Å². The molecule has 1 amide bonds. The maximum Gasteiger partial charge on any atom is 0.231 e. The van der Waals surface area contributed by atoms with E-state index in [2.05, 4.69) is 5.32 Å². The van der Waals surface area contributed by atoms with Crippen LogP contribution in [0.4, 0.5) is 0 Å². The summed E-state index contributed by atoms with van der Waals surface area (Å²) in [6, 6.07) is 0. The summed E-state index contributed by atoms with van der Waals surface area (Å²) >= 11 is 4.93. The van der Waals surface area contributed by atoms with Gasteiger partial charge in [0.05, 0.1) is 0 Å². The number of hydrogen-bond acceptors (Lipinski definition) is 2. The molecular weight excluding hydrogens is 160 g/mol. The predicted octanol–water partition coefficient (Wildman–Crippen LogP) is 0.359. The van der Waals surface area contributed by atoms with Gasteiger partial charge in [-0.2, -0.15) is 0 Å².